The third kappa shape index (κ3) is 5.91. The van der Waals surface area contributed by atoms with Crippen LogP contribution in [0.4, 0.5) is 0 Å². The first-order valence-electron chi connectivity index (χ1n) is 9.66. The highest BCUT2D eigenvalue weighted by Gasteiger charge is 2.10. The molecule has 30 heavy (non-hydrogen) atoms. The fourth-order valence-electron chi connectivity index (χ4n) is 2.70. The molecule has 0 saturated heterocycles. The second-order valence-electron chi connectivity index (χ2n) is 7.07. The van der Waals surface area contributed by atoms with Crippen LogP contribution in [0.25, 0.3) is 0 Å². The zero-order valence-corrected chi connectivity index (χ0v) is 19.6. The van der Waals surface area contributed by atoms with Gasteiger partial charge in [0.05, 0.1) is 0 Å². The Hall–Kier alpha value is -2.21. The van der Waals surface area contributed by atoms with E-state index < -0.39 is 0 Å². The first-order valence-corrected chi connectivity index (χ1v) is 12.1. The summed E-state index contributed by atoms with van der Waals surface area (Å²) in [6.45, 7) is 6.30. The number of hydrogen-bond donors (Lipinski definition) is 0. The zero-order valence-electron chi connectivity index (χ0n) is 17.1. The molecule has 4 aromatic rings. The minimum atomic E-state index is 0.769. The maximum Gasteiger partial charge on any atom is 0.194 e. The van der Waals surface area contributed by atoms with Crippen LogP contribution in [0.1, 0.15) is 16.7 Å². The average molecular weight is 447 g/mol. The molecule has 0 fully saturated rings. The molecule has 2 nitrogen and oxygen atoms in total. The van der Waals surface area contributed by atoms with Gasteiger partial charge in [-0.1, -0.05) is 76.6 Å². The predicted octanol–water partition coefficient (Wildman–Crippen LogP) is 7.86. The van der Waals surface area contributed by atoms with Crippen LogP contribution in [0.3, 0.4) is 0 Å². The highest BCUT2D eigenvalue weighted by Crippen LogP contribution is 2.35. The summed E-state index contributed by atoms with van der Waals surface area (Å²) in [4.78, 5) is 13.2. The first kappa shape index (κ1) is 21.0. The summed E-state index contributed by atoms with van der Waals surface area (Å²) in [7, 11) is 0. The van der Waals surface area contributed by atoms with E-state index in [1.807, 2.05) is 0 Å². The SMILES string of the molecule is Cc1ccc(Sc2cc(Sc3ccc(C)cc3)nc(Sc3ccc(C)cc3)n2)cc1. The van der Waals surface area contributed by atoms with Crippen molar-refractivity contribution in [1.29, 1.82) is 0 Å². The third-order valence-electron chi connectivity index (χ3n) is 4.38. The Morgan fingerprint density at radius 1 is 0.467 bits per heavy atom. The van der Waals surface area contributed by atoms with Crippen LogP contribution >= 0.6 is 35.3 Å². The van der Waals surface area contributed by atoms with Gasteiger partial charge in [-0.25, -0.2) is 9.97 Å². The largest absolute Gasteiger partial charge is 0.215 e. The van der Waals surface area contributed by atoms with Crippen molar-refractivity contribution in [3.63, 3.8) is 0 Å². The van der Waals surface area contributed by atoms with Crippen molar-refractivity contribution in [1.82, 2.24) is 9.97 Å². The van der Waals surface area contributed by atoms with Gasteiger partial charge in [-0.2, -0.15) is 0 Å². The molecule has 0 aliphatic carbocycles. The fourth-order valence-corrected chi connectivity index (χ4v) is 5.29. The third-order valence-corrected chi connectivity index (χ3v) is 7.10. The Morgan fingerprint density at radius 3 is 1.17 bits per heavy atom. The van der Waals surface area contributed by atoms with Crippen molar-refractivity contribution in [3.05, 3.63) is 95.6 Å². The first-order chi connectivity index (χ1) is 14.5. The maximum atomic E-state index is 4.83. The molecule has 3 aromatic carbocycles. The molecule has 5 heteroatoms. The number of benzene rings is 3. The molecule has 4 rings (SSSR count). The summed E-state index contributed by atoms with van der Waals surface area (Å²) in [5, 5.41) is 2.68. The van der Waals surface area contributed by atoms with E-state index in [0.717, 1.165) is 20.1 Å². The Morgan fingerprint density at radius 2 is 0.800 bits per heavy atom. The summed E-state index contributed by atoms with van der Waals surface area (Å²) in [5.41, 5.74) is 3.76. The molecule has 0 unspecified atom stereocenters. The normalized spacial score (nSPS) is 10.9. The Balaban J connectivity index is 1.64. The molecular weight excluding hydrogens is 424 g/mol. The van der Waals surface area contributed by atoms with Gasteiger partial charge in [0, 0.05) is 20.8 Å². The van der Waals surface area contributed by atoms with Crippen LogP contribution in [0.2, 0.25) is 0 Å². The monoisotopic (exact) mass is 446 g/mol. The average Bonchev–Trinajstić information content (AvgIpc) is 2.73. The van der Waals surface area contributed by atoms with Crippen molar-refractivity contribution in [2.24, 2.45) is 0 Å². The molecule has 1 aromatic heterocycles. The number of aromatic nitrogens is 2. The second-order valence-corrected chi connectivity index (χ2v) is 10.3. The van der Waals surface area contributed by atoms with Gasteiger partial charge in [-0.15, -0.1) is 0 Å². The van der Waals surface area contributed by atoms with E-state index >= 15 is 0 Å². The van der Waals surface area contributed by atoms with E-state index in [1.54, 1.807) is 35.3 Å². The van der Waals surface area contributed by atoms with E-state index in [2.05, 4.69) is 99.6 Å². The van der Waals surface area contributed by atoms with Gasteiger partial charge in [0.1, 0.15) is 10.1 Å². The number of aryl methyl sites for hydroxylation is 3. The van der Waals surface area contributed by atoms with Crippen LogP contribution in [-0.2, 0) is 0 Å². The van der Waals surface area contributed by atoms with Crippen molar-refractivity contribution in [2.45, 2.75) is 50.7 Å². The van der Waals surface area contributed by atoms with E-state index in [-0.39, 0.29) is 0 Å². The lowest BCUT2D eigenvalue weighted by Crippen LogP contribution is -1.92. The minimum absolute atomic E-state index is 0.769. The van der Waals surface area contributed by atoms with Crippen LogP contribution in [0, 0.1) is 20.8 Å². The van der Waals surface area contributed by atoms with Crippen LogP contribution < -0.4 is 0 Å². The molecule has 0 radical (unpaired) electrons. The van der Waals surface area contributed by atoms with Gasteiger partial charge in [0.15, 0.2) is 5.16 Å². The highest BCUT2D eigenvalue weighted by atomic mass is 32.2. The van der Waals surface area contributed by atoms with Crippen molar-refractivity contribution < 1.29 is 0 Å². The fraction of sp³-hybridized carbons (Fsp3) is 0.120. The molecule has 0 spiro atoms. The maximum absolute atomic E-state index is 4.83. The lowest BCUT2D eigenvalue weighted by atomic mass is 10.2. The van der Waals surface area contributed by atoms with Gasteiger partial charge >= 0.3 is 0 Å². The van der Waals surface area contributed by atoms with Crippen LogP contribution in [-0.4, -0.2) is 9.97 Å². The second kappa shape index (κ2) is 9.73. The highest BCUT2D eigenvalue weighted by molar-refractivity contribution is 8.00. The topological polar surface area (TPSA) is 25.8 Å². The van der Waals surface area contributed by atoms with Crippen molar-refractivity contribution in [3.8, 4) is 0 Å². The molecular formula is C25H22N2S3. The summed E-state index contributed by atoms with van der Waals surface area (Å²) in [6, 6.07) is 27.7. The molecule has 0 aliphatic heterocycles. The van der Waals surface area contributed by atoms with E-state index in [1.165, 1.54) is 26.5 Å². The molecule has 0 aliphatic rings. The quantitative estimate of drug-likeness (QED) is 0.222. The molecule has 0 atom stereocenters. The number of hydrogen-bond acceptors (Lipinski definition) is 5. The Bertz CT molecular complexity index is 964. The predicted molar refractivity (Wildman–Crippen MR) is 128 cm³/mol. The minimum Gasteiger partial charge on any atom is -0.215 e. The van der Waals surface area contributed by atoms with Crippen LogP contribution in [0.15, 0.2) is 109 Å². The van der Waals surface area contributed by atoms with Crippen LogP contribution in [0.5, 0.6) is 0 Å². The lowest BCUT2D eigenvalue weighted by Gasteiger charge is -2.08. The lowest BCUT2D eigenvalue weighted by molar-refractivity contribution is 0.828. The van der Waals surface area contributed by atoms with Gasteiger partial charge in [0.25, 0.3) is 0 Å². The van der Waals surface area contributed by atoms with Crippen molar-refractivity contribution in [2.75, 3.05) is 0 Å². The van der Waals surface area contributed by atoms with Gasteiger partial charge in [0.2, 0.25) is 0 Å². The van der Waals surface area contributed by atoms with Gasteiger partial charge in [-0.05, 0) is 68.9 Å². The number of nitrogens with zero attached hydrogens (tertiary/aromatic N) is 2. The van der Waals surface area contributed by atoms with E-state index in [9.17, 15) is 0 Å². The number of rotatable bonds is 6. The molecule has 0 saturated carbocycles. The molecule has 0 N–H and O–H groups in total. The van der Waals surface area contributed by atoms with Gasteiger partial charge < -0.3 is 0 Å². The Kier molecular flexibility index (Phi) is 6.82. The zero-order chi connectivity index (χ0) is 20.9. The van der Waals surface area contributed by atoms with Gasteiger partial charge in [-0.3, -0.25) is 0 Å². The summed E-state index contributed by atoms with van der Waals surface area (Å²) in [5.74, 6) is 0. The molecule has 0 amide bonds. The standard InChI is InChI=1S/C25H22N2S3/c1-17-4-10-20(11-5-17)28-23-16-24(29-21-12-6-18(2)7-13-21)27-25(26-23)30-22-14-8-19(3)9-15-22/h4-16H,1-3H3. The van der Waals surface area contributed by atoms with E-state index in [4.69, 9.17) is 9.97 Å². The smallest absolute Gasteiger partial charge is 0.194 e. The summed E-state index contributed by atoms with van der Waals surface area (Å²) >= 11 is 4.95. The molecule has 150 valence electrons. The molecule has 0 bridgehead atoms. The summed E-state index contributed by atoms with van der Waals surface area (Å²) < 4.78 is 0. The summed E-state index contributed by atoms with van der Waals surface area (Å²) in [6.07, 6.45) is 0. The van der Waals surface area contributed by atoms with E-state index in [0.29, 0.717) is 0 Å². The Labute approximate surface area is 191 Å². The molecule has 1 heterocycles. The van der Waals surface area contributed by atoms with Crippen molar-refractivity contribution >= 4 is 35.3 Å².